The number of aromatic nitrogens is 4. The average Bonchev–Trinajstić information content (AvgIpc) is 2.76. The molecule has 2 aromatic rings. The Labute approximate surface area is 118 Å². The molecule has 0 saturated heterocycles. The Kier molecular flexibility index (Phi) is 4.53. The van der Waals surface area contributed by atoms with Crippen molar-refractivity contribution in [3.63, 3.8) is 0 Å². The number of rotatable bonds is 5. The first kappa shape index (κ1) is 14.7. The Balaban J connectivity index is 2.05. The van der Waals surface area contributed by atoms with Gasteiger partial charge in [-0.15, -0.1) is 0 Å². The Morgan fingerprint density at radius 1 is 1.25 bits per heavy atom. The third-order valence-electron chi connectivity index (χ3n) is 2.74. The van der Waals surface area contributed by atoms with Gasteiger partial charge in [-0.25, -0.2) is 0 Å². The predicted molar refractivity (Wildman–Crippen MR) is 70.5 cm³/mol. The van der Waals surface area contributed by atoms with E-state index in [1.807, 2.05) is 6.07 Å². The van der Waals surface area contributed by atoms with Crippen molar-refractivity contribution in [2.45, 2.75) is 32.0 Å². The van der Waals surface area contributed by atoms with Crippen LogP contribution < -0.4 is 0 Å². The van der Waals surface area contributed by atoms with Crippen molar-refractivity contribution in [3.8, 4) is 11.5 Å². The van der Waals surface area contributed by atoms with Crippen LogP contribution in [0.25, 0.3) is 11.5 Å². The van der Waals surface area contributed by atoms with Gasteiger partial charge in [0.1, 0.15) is 5.69 Å². The minimum absolute atomic E-state index is 0.0676. The molecule has 0 aliphatic rings. The summed E-state index contributed by atoms with van der Waals surface area (Å²) in [6.07, 6.45) is -2.81. The highest BCUT2D eigenvalue weighted by atomic mass is 32.1. The molecule has 2 heterocycles. The normalized spacial score (nSPS) is 11.8. The minimum Gasteiger partial charge on any atom is -0.299 e. The number of alkyl halides is 3. The lowest BCUT2D eigenvalue weighted by Gasteiger charge is -2.08. The van der Waals surface area contributed by atoms with Crippen LogP contribution in [0, 0.1) is 4.77 Å². The maximum Gasteiger partial charge on any atom is 0.389 e. The van der Waals surface area contributed by atoms with E-state index in [0.717, 1.165) is 0 Å². The van der Waals surface area contributed by atoms with Crippen molar-refractivity contribution in [2.75, 3.05) is 0 Å². The summed E-state index contributed by atoms with van der Waals surface area (Å²) < 4.78 is 38.3. The molecule has 0 fully saturated rings. The van der Waals surface area contributed by atoms with E-state index in [0.29, 0.717) is 29.3 Å². The Bertz CT molecular complexity index is 603. The highest BCUT2D eigenvalue weighted by Gasteiger charge is 2.25. The molecule has 2 aromatic heterocycles. The van der Waals surface area contributed by atoms with E-state index in [1.165, 1.54) is 0 Å². The molecule has 4 nitrogen and oxygen atoms in total. The van der Waals surface area contributed by atoms with Gasteiger partial charge >= 0.3 is 6.18 Å². The van der Waals surface area contributed by atoms with Gasteiger partial charge in [-0.2, -0.15) is 18.3 Å². The molecule has 0 aromatic carbocycles. The zero-order valence-electron chi connectivity index (χ0n) is 10.5. The van der Waals surface area contributed by atoms with Gasteiger partial charge in [-0.3, -0.25) is 14.6 Å². The van der Waals surface area contributed by atoms with Gasteiger partial charge in [0, 0.05) is 19.2 Å². The van der Waals surface area contributed by atoms with Crippen molar-refractivity contribution in [3.05, 3.63) is 29.2 Å². The molecule has 8 heteroatoms. The van der Waals surface area contributed by atoms with Crippen molar-refractivity contribution in [1.82, 2.24) is 19.7 Å². The smallest absolute Gasteiger partial charge is 0.299 e. The fourth-order valence-electron chi connectivity index (χ4n) is 1.81. The number of nitrogens with zero attached hydrogens (tertiary/aromatic N) is 3. The van der Waals surface area contributed by atoms with Crippen LogP contribution in [0.15, 0.2) is 24.4 Å². The lowest BCUT2D eigenvalue weighted by Crippen LogP contribution is -2.08. The monoisotopic (exact) mass is 302 g/mol. The zero-order chi connectivity index (χ0) is 14.6. The van der Waals surface area contributed by atoms with Crippen LogP contribution in [0.1, 0.15) is 19.3 Å². The highest BCUT2D eigenvalue weighted by molar-refractivity contribution is 7.71. The van der Waals surface area contributed by atoms with Crippen LogP contribution in [-0.2, 0) is 6.54 Å². The molecule has 1 N–H and O–H groups in total. The maximum atomic E-state index is 12.1. The number of unbranched alkanes of at least 4 members (excludes halogenated alkanes) is 1. The maximum absolute atomic E-state index is 12.1. The summed E-state index contributed by atoms with van der Waals surface area (Å²) in [5.41, 5.74) is 0.635. The van der Waals surface area contributed by atoms with Gasteiger partial charge in [0.15, 0.2) is 10.6 Å². The fraction of sp³-hybridized carbons (Fsp3) is 0.417. The molecule has 108 valence electrons. The summed E-state index contributed by atoms with van der Waals surface area (Å²) in [6.45, 7) is 0.386. The summed E-state index contributed by atoms with van der Waals surface area (Å²) in [5, 5.41) is 6.72. The van der Waals surface area contributed by atoms with Crippen molar-refractivity contribution in [2.24, 2.45) is 0 Å². The largest absolute Gasteiger partial charge is 0.389 e. The van der Waals surface area contributed by atoms with Gasteiger partial charge in [-0.05, 0) is 37.2 Å². The molecule has 0 aliphatic heterocycles. The number of aromatic amines is 1. The average molecular weight is 302 g/mol. The minimum atomic E-state index is -4.11. The molecular formula is C12H13F3N4S. The number of pyridine rings is 1. The number of halogens is 3. The molecule has 20 heavy (non-hydrogen) atoms. The second kappa shape index (κ2) is 6.17. The lowest BCUT2D eigenvalue weighted by atomic mass is 10.2. The molecule has 0 saturated carbocycles. The van der Waals surface area contributed by atoms with E-state index in [9.17, 15) is 13.2 Å². The van der Waals surface area contributed by atoms with Gasteiger partial charge in [0.25, 0.3) is 0 Å². The first-order valence-electron chi connectivity index (χ1n) is 6.11. The van der Waals surface area contributed by atoms with E-state index in [1.54, 1.807) is 22.9 Å². The third kappa shape index (κ3) is 3.89. The molecule has 2 rings (SSSR count). The Hall–Kier alpha value is -1.70. The summed E-state index contributed by atoms with van der Waals surface area (Å²) in [4.78, 5) is 4.16. The molecule has 0 atom stereocenters. The first-order chi connectivity index (χ1) is 9.47. The topological polar surface area (TPSA) is 46.5 Å². The van der Waals surface area contributed by atoms with E-state index in [4.69, 9.17) is 12.2 Å². The van der Waals surface area contributed by atoms with Crippen LogP contribution in [0.3, 0.4) is 0 Å². The molecule has 0 spiro atoms. The third-order valence-corrected chi connectivity index (χ3v) is 3.06. The van der Waals surface area contributed by atoms with Crippen LogP contribution >= 0.6 is 12.2 Å². The summed E-state index contributed by atoms with van der Waals surface area (Å²) >= 11 is 5.09. The lowest BCUT2D eigenvalue weighted by molar-refractivity contribution is -0.135. The van der Waals surface area contributed by atoms with Crippen LogP contribution in [-0.4, -0.2) is 25.9 Å². The second-order valence-electron chi connectivity index (χ2n) is 4.29. The van der Waals surface area contributed by atoms with E-state index < -0.39 is 12.6 Å². The molecule has 0 bridgehead atoms. The quantitative estimate of drug-likeness (QED) is 0.676. The number of hydrogen-bond acceptors (Lipinski definition) is 3. The van der Waals surface area contributed by atoms with Gasteiger partial charge in [0.05, 0.1) is 0 Å². The van der Waals surface area contributed by atoms with Crippen LogP contribution in [0.2, 0.25) is 0 Å². The van der Waals surface area contributed by atoms with Crippen LogP contribution in [0.5, 0.6) is 0 Å². The first-order valence-corrected chi connectivity index (χ1v) is 6.51. The predicted octanol–water partition coefficient (Wildman–Crippen LogP) is 3.74. The second-order valence-corrected chi connectivity index (χ2v) is 4.68. The molecule has 0 unspecified atom stereocenters. The fourth-order valence-corrected chi connectivity index (χ4v) is 2.03. The zero-order valence-corrected chi connectivity index (χ0v) is 11.3. The standard InChI is InChI=1S/C12H13F3N4S/c13-12(14,15)6-2-4-8-19-10(17-18-11(19)20)9-5-1-3-7-16-9/h1,3,5,7H,2,4,6,8H2,(H,18,20). The molecule has 0 radical (unpaired) electrons. The van der Waals surface area contributed by atoms with Crippen molar-refractivity contribution < 1.29 is 13.2 Å². The highest BCUT2D eigenvalue weighted by Crippen LogP contribution is 2.23. The van der Waals surface area contributed by atoms with E-state index in [-0.39, 0.29) is 6.42 Å². The summed E-state index contributed by atoms with van der Waals surface area (Å²) in [5.74, 6) is 0.544. The van der Waals surface area contributed by atoms with E-state index >= 15 is 0 Å². The number of nitrogens with one attached hydrogen (secondary N) is 1. The van der Waals surface area contributed by atoms with Crippen molar-refractivity contribution in [1.29, 1.82) is 0 Å². The number of hydrogen-bond donors (Lipinski definition) is 1. The van der Waals surface area contributed by atoms with Gasteiger partial charge < -0.3 is 0 Å². The van der Waals surface area contributed by atoms with Crippen molar-refractivity contribution >= 4 is 12.2 Å². The SMILES string of the molecule is FC(F)(F)CCCCn1c(-c2ccccn2)n[nH]c1=S. The van der Waals surface area contributed by atoms with Gasteiger partial charge in [0.2, 0.25) is 0 Å². The molecular weight excluding hydrogens is 289 g/mol. The summed E-state index contributed by atoms with van der Waals surface area (Å²) in [6, 6.07) is 5.36. The van der Waals surface area contributed by atoms with E-state index in [2.05, 4.69) is 15.2 Å². The molecule has 0 aliphatic carbocycles. The van der Waals surface area contributed by atoms with Crippen LogP contribution in [0.4, 0.5) is 13.2 Å². The Morgan fingerprint density at radius 3 is 2.70 bits per heavy atom. The number of H-pyrrole nitrogens is 1. The van der Waals surface area contributed by atoms with Gasteiger partial charge in [-0.1, -0.05) is 6.07 Å². The summed E-state index contributed by atoms with van der Waals surface area (Å²) in [7, 11) is 0. The molecule has 0 amide bonds. The Morgan fingerprint density at radius 2 is 2.05 bits per heavy atom.